The van der Waals surface area contributed by atoms with Crippen LogP contribution in [-0.2, 0) is 31.3 Å². The van der Waals surface area contributed by atoms with Crippen LogP contribution < -0.4 is 4.74 Å². The standard InChI is InChI=1S/C29H33F3N4O5Si/c1-18-13-23(38-2)25(20-9-10-34-26(18)20)28(29(30,31)32,41-16-24(37)39-3)27-35-21-14-19(15-33)7-8-22(21)36(27)17-40-11-12-42(4,5)6/h7-10,13-14,34H,11-12,16-17H2,1-6H3. The van der Waals surface area contributed by atoms with Crippen LogP contribution in [0.2, 0.25) is 25.7 Å². The number of nitrogens with one attached hydrogen (secondary N) is 1. The lowest BCUT2D eigenvalue weighted by Gasteiger charge is -2.37. The second-order valence-corrected chi connectivity index (χ2v) is 16.7. The highest BCUT2D eigenvalue weighted by Crippen LogP contribution is 2.53. The first-order valence-electron chi connectivity index (χ1n) is 13.2. The van der Waals surface area contributed by atoms with Crippen LogP contribution in [0.15, 0.2) is 36.5 Å². The van der Waals surface area contributed by atoms with Crippen molar-refractivity contribution < 1.29 is 36.9 Å². The van der Waals surface area contributed by atoms with Crippen LogP contribution in [-0.4, -0.2) is 62.2 Å². The van der Waals surface area contributed by atoms with Crippen molar-refractivity contribution >= 4 is 36.0 Å². The van der Waals surface area contributed by atoms with Gasteiger partial charge in [-0.3, -0.25) is 0 Å². The quantitative estimate of drug-likeness (QED) is 0.127. The molecular formula is C29H33F3N4O5Si. The smallest absolute Gasteiger partial charge is 0.429 e. The van der Waals surface area contributed by atoms with Gasteiger partial charge in [-0.2, -0.15) is 18.4 Å². The average molecular weight is 603 g/mol. The van der Waals surface area contributed by atoms with Gasteiger partial charge in [-0.1, -0.05) is 19.6 Å². The number of hydrogen-bond donors (Lipinski definition) is 1. The number of hydrogen-bond acceptors (Lipinski definition) is 7. The van der Waals surface area contributed by atoms with E-state index in [0.29, 0.717) is 23.2 Å². The molecule has 1 unspecified atom stereocenters. The average Bonchev–Trinajstić information content (AvgIpc) is 3.56. The van der Waals surface area contributed by atoms with Crippen LogP contribution in [0, 0.1) is 18.3 Å². The lowest BCUT2D eigenvalue weighted by atomic mass is 9.86. The van der Waals surface area contributed by atoms with Gasteiger partial charge in [0.1, 0.15) is 19.1 Å². The first-order valence-corrected chi connectivity index (χ1v) is 16.9. The highest BCUT2D eigenvalue weighted by atomic mass is 28.3. The third-order valence-corrected chi connectivity index (χ3v) is 8.72. The van der Waals surface area contributed by atoms with Crippen molar-refractivity contribution in [1.82, 2.24) is 14.5 Å². The largest absolute Gasteiger partial charge is 0.496 e. The van der Waals surface area contributed by atoms with Gasteiger partial charge in [-0.25, -0.2) is 9.78 Å². The van der Waals surface area contributed by atoms with Gasteiger partial charge in [0, 0.05) is 31.8 Å². The van der Waals surface area contributed by atoms with E-state index in [1.54, 1.807) is 6.92 Å². The summed E-state index contributed by atoms with van der Waals surface area (Å²) >= 11 is 0. The molecule has 4 aromatic rings. The van der Waals surface area contributed by atoms with E-state index in [-0.39, 0.29) is 34.5 Å². The Labute approximate surface area is 242 Å². The molecule has 1 N–H and O–H groups in total. The number of aromatic amines is 1. The number of nitriles is 1. The molecule has 224 valence electrons. The first kappa shape index (κ1) is 31.1. The molecule has 2 aromatic carbocycles. The van der Waals surface area contributed by atoms with E-state index in [2.05, 4.69) is 34.3 Å². The lowest BCUT2D eigenvalue weighted by Crippen LogP contribution is -2.49. The number of halogens is 3. The Hall–Kier alpha value is -3.86. The van der Waals surface area contributed by atoms with Crippen molar-refractivity contribution in [2.45, 2.75) is 51.1 Å². The van der Waals surface area contributed by atoms with Gasteiger partial charge in [-0.15, -0.1) is 0 Å². The molecule has 0 bridgehead atoms. The summed E-state index contributed by atoms with van der Waals surface area (Å²) in [5.74, 6) is -1.71. The zero-order valence-electron chi connectivity index (χ0n) is 24.3. The molecule has 0 fully saturated rings. The molecular weight excluding hydrogens is 569 g/mol. The SMILES string of the molecule is COC(=O)COC(c1c(OC)cc(C)c2[nH]ccc12)(c1nc2cc(C#N)ccc2n1COCC[Si](C)(C)C)C(F)(F)F. The summed E-state index contributed by atoms with van der Waals surface area (Å²) in [6.45, 7) is 7.23. The number of methoxy groups -OCH3 is 2. The van der Waals surface area contributed by atoms with Crippen molar-refractivity contribution in [2.24, 2.45) is 0 Å². The van der Waals surface area contributed by atoms with Crippen molar-refractivity contribution in [1.29, 1.82) is 5.26 Å². The van der Waals surface area contributed by atoms with Gasteiger partial charge in [0.15, 0.2) is 5.82 Å². The van der Waals surface area contributed by atoms with Gasteiger partial charge in [0.05, 0.1) is 42.4 Å². The predicted octanol–water partition coefficient (Wildman–Crippen LogP) is 6.01. The number of aryl methyl sites for hydroxylation is 1. The number of benzene rings is 2. The maximum absolute atomic E-state index is 15.9. The third kappa shape index (κ3) is 5.74. The molecule has 0 amide bonds. The van der Waals surface area contributed by atoms with Crippen LogP contribution in [0.1, 0.15) is 22.5 Å². The minimum absolute atomic E-state index is 0.113. The molecule has 9 nitrogen and oxygen atoms in total. The first-order chi connectivity index (χ1) is 19.8. The summed E-state index contributed by atoms with van der Waals surface area (Å²) in [6.07, 6.45) is -3.66. The fraction of sp³-hybridized carbons (Fsp3) is 0.414. The molecule has 0 aliphatic carbocycles. The molecule has 0 spiro atoms. The van der Waals surface area contributed by atoms with Crippen LogP contribution >= 0.6 is 0 Å². The van der Waals surface area contributed by atoms with Crippen LogP contribution in [0.4, 0.5) is 13.2 Å². The molecule has 42 heavy (non-hydrogen) atoms. The molecule has 0 aliphatic heterocycles. The Morgan fingerprint density at radius 1 is 1.17 bits per heavy atom. The number of carbonyl (C=O) groups is 1. The van der Waals surface area contributed by atoms with E-state index < -0.39 is 38.3 Å². The number of carbonyl (C=O) groups excluding carboxylic acids is 1. The number of H-pyrrole nitrogens is 1. The number of alkyl halides is 3. The number of nitrogens with zero attached hydrogens (tertiary/aromatic N) is 3. The third-order valence-electron chi connectivity index (χ3n) is 7.02. The number of esters is 1. The number of aromatic nitrogens is 3. The summed E-state index contributed by atoms with van der Waals surface area (Å²) in [5.41, 5.74) is -2.00. The minimum Gasteiger partial charge on any atom is -0.496 e. The molecule has 0 radical (unpaired) electrons. The molecule has 0 saturated heterocycles. The summed E-state index contributed by atoms with van der Waals surface area (Å²) in [7, 11) is 0.812. The van der Waals surface area contributed by atoms with E-state index in [0.717, 1.165) is 13.2 Å². The minimum atomic E-state index is -5.18. The Balaban J connectivity index is 2.10. The van der Waals surface area contributed by atoms with Crippen molar-refractivity contribution in [3.8, 4) is 11.8 Å². The van der Waals surface area contributed by atoms with E-state index in [9.17, 15) is 10.1 Å². The Kier molecular flexibility index (Phi) is 8.72. The van der Waals surface area contributed by atoms with E-state index in [4.69, 9.17) is 14.2 Å². The van der Waals surface area contributed by atoms with Gasteiger partial charge in [-0.05, 0) is 48.9 Å². The highest BCUT2D eigenvalue weighted by molar-refractivity contribution is 6.76. The topological polar surface area (TPSA) is 111 Å². The Morgan fingerprint density at radius 2 is 1.90 bits per heavy atom. The van der Waals surface area contributed by atoms with Crippen molar-refractivity contribution in [3.63, 3.8) is 0 Å². The van der Waals surface area contributed by atoms with Gasteiger partial charge < -0.3 is 28.5 Å². The van der Waals surface area contributed by atoms with Gasteiger partial charge in [0.25, 0.3) is 5.60 Å². The van der Waals surface area contributed by atoms with E-state index >= 15 is 13.2 Å². The van der Waals surface area contributed by atoms with Crippen LogP contribution in [0.3, 0.4) is 0 Å². The zero-order valence-corrected chi connectivity index (χ0v) is 25.3. The summed E-state index contributed by atoms with van der Waals surface area (Å²) in [5, 5.41) is 9.64. The second kappa shape index (κ2) is 11.8. The van der Waals surface area contributed by atoms with Gasteiger partial charge >= 0.3 is 12.1 Å². The maximum atomic E-state index is 15.9. The van der Waals surface area contributed by atoms with E-state index in [1.165, 1.54) is 48.2 Å². The highest BCUT2D eigenvalue weighted by Gasteiger charge is 2.64. The van der Waals surface area contributed by atoms with Crippen molar-refractivity contribution in [3.05, 3.63) is 59.0 Å². The summed E-state index contributed by atoms with van der Waals surface area (Å²) in [6, 6.07) is 10.2. The number of imidazole rings is 1. The fourth-order valence-electron chi connectivity index (χ4n) is 4.86. The Morgan fingerprint density at radius 3 is 2.52 bits per heavy atom. The van der Waals surface area contributed by atoms with E-state index in [1.807, 2.05) is 6.07 Å². The Bertz CT molecular complexity index is 1650. The summed E-state index contributed by atoms with van der Waals surface area (Å²) < 4.78 is 70.7. The maximum Gasteiger partial charge on any atom is 0.429 e. The normalized spacial score (nSPS) is 13.7. The predicted molar refractivity (Wildman–Crippen MR) is 153 cm³/mol. The van der Waals surface area contributed by atoms with Gasteiger partial charge in [0.2, 0.25) is 0 Å². The van der Waals surface area contributed by atoms with Crippen molar-refractivity contribution in [2.75, 3.05) is 27.4 Å². The monoisotopic (exact) mass is 602 g/mol. The number of fused-ring (bicyclic) bond motifs is 2. The molecule has 0 saturated carbocycles. The molecule has 1 atom stereocenters. The molecule has 0 aliphatic rings. The summed E-state index contributed by atoms with van der Waals surface area (Å²) in [4.78, 5) is 19.7. The fourth-order valence-corrected chi connectivity index (χ4v) is 5.62. The molecule has 4 rings (SSSR count). The molecule has 13 heteroatoms. The van der Waals surface area contributed by atoms with Crippen LogP contribution in [0.5, 0.6) is 5.75 Å². The lowest BCUT2D eigenvalue weighted by molar-refractivity contribution is -0.270. The molecule has 2 aromatic heterocycles. The molecule has 2 heterocycles. The zero-order chi connectivity index (χ0) is 30.9. The number of ether oxygens (including phenoxy) is 4. The number of rotatable bonds is 11. The second-order valence-electron chi connectivity index (χ2n) is 11.1. The van der Waals surface area contributed by atoms with Crippen LogP contribution in [0.25, 0.3) is 21.9 Å².